The van der Waals surface area contributed by atoms with Crippen LogP contribution in [0.15, 0.2) is 52.5 Å². The second-order valence-corrected chi connectivity index (χ2v) is 7.44. The normalized spacial score (nSPS) is 14.8. The molecule has 8 heteroatoms. The van der Waals surface area contributed by atoms with Crippen LogP contribution in [0, 0.1) is 0 Å². The van der Waals surface area contributed by atoms with E-state index < -0.39 is 0 Å². The van der Waals surface area contributed by atoms with Gasteiger partial charge in [-0.25, -0.2) is 9.78 Å². The maximum atomic E-state index is 12.6. The van der Waals surface area contributed by atoms with Crippen LogP contribution in [0.25, 0.3) is 11.5 Å². The molecule has 0 aliphatic carbocycles. The van der Waals surface area contributed by atoms with Gasteiger partial charge in [-0.3, -0.25) is 4.90 Å². The average molecular weight is 398 g/mol. The molecule has 0 unspecified atom stereocenters. The van der Waals surface area contributed by atoms with Crippen molar-refractivity contribution < 1.29 is 13.9 Å². The molecule has 3 aromatic rings. The summed E-state index contributed by atoms with van der Waals surface area (Å²) in [6, 6.07) is 11.1. The van der Waals surface area contributed by atoms with Crippen molar-refractivity contribution in [3.8, 4) is 17.2 Å². The molecule has 7 nitrogen and oxygen atoms in total. The molecule has 0 saturated carbocycles. The maximum absolute atomic E-state index is 12.6. The number of nitrogens with one attached hydrogen (secondary N) is 1. The summed E-state index contributed by atoms with van der Waals surface area (Å²) in [5.74, 6) is 1.45. The molecule has 1 saturated heterocycles. The number of aromatic nitrogens is 1. The van der Waals surface area contributed by atoms with Crippen molar-refractivity contribution in [3.05, 3.63) is 53.0 Å². The maximum Gasteiger partial charge on any atom is 0.322 e. The first kappa shape index (κ1) is 18.5. The van der Waals surface area contributed by atoms with Crippen LogP contribution in [0.4, 0.5) is 10.5 Å². The van der Waals surface area contributed by atoms with Crippen molar-refractivity contribution in [3.63, 3.8) is 0 Å². The van der Waals surface area contributed by atoms with E-state index in [2.05, 4.69) is 15.2 Å². The molecule has 4 rings (SSSR count). The second-order valence-electron chi connectivity index (χ2n) is 6.50. The number of thiazole rings is 1. The van der Waals surface area contributed by atoms with Crippen LogP contribution < -0.4 is 10.1 Å². The zero-order valence-electron chi connectivity index (χ0n) is 15.6. The van der Waals surface area contributed by atoms with E-state index in [1.807, 2.05) is 46.7 Å². The number of urea groups is 1. The highest BCUT2D eigenvalue weighted by atomic mass is 32.1. The third-order valence-corrected chi connectivity index (χ3v) is 5.53. The number of hydrogen-bond donors (Lipinski definition) is 1. The molecule has 1 aliphatic rings. The fourth-order valence-corrected chi connectivity index (χ4v) is 3.99. The Hall–Kier alpha value is -2.84. The van der Waals surface area contributed by atoms with E-state index in [0.717, 1.165) is 36.1 Å². The second kappa shape index (κ2) is 8.45. The Morgan fingerprint density at radius 2 is 2.04 bits per heavy atom. The van der Waals surface area contributed by atoms with Crippen molar-refractivity contribution in [2.75, 3.05) is 38.6 Å². The molecule has 0 bridgehead atoms. The lowest BCUT2D eigenvalue weighted by molar-refractivity contribution is 0.143. The number of amides is 2. The van der Waals surface area contributed by atoms with Crippen LogP contribution in [-0.2, 0) is 6.54 Å². The molecule has 0 radical (unpaired) electrons. The molecular formula is C20H22N4O3S. The number of para-hydroxylation sites is 2. The highest BCUT2D eigenvalue weighted by Crippen LogP contribution is 2.25. The van der Waals surface area contributed by atoms with Crippen molar-refractivity contribution >= 4 is 23.1 Å². The van der Waals surface area contributed by atoms with E-state index in [1.165, 1.54) is 0 Å². The van der Waals surface area contributed by atoms with Crippen LogP contribution in [-0.4, -0.2) is 54.1 Å². The van der Waals surface area contributed by atoms with Gasteiger partial charge in [0.2, 0.25) is 0 Å². The number of anilines is 1. The summed E-state index contributed by atoms with van der Waals surface area (Å²) in [4.78, 5) is 21.4. The summed E-state index contributed by atoms with van der Waals surface area (Å²) < 4.78 is 10.7. The highest BCUT2D eigenvalue weighted by Gasteiger charge is 2.22. The summed E-state index contributed by atoms with van der Waals surface area (Å²) in [5, 5.41) is 6.01. The molecule has 0 spiro atoms. The third-order valence-electron chi connectivity index (χ3n) is 4.69. The van der Waals surface area contributed by atoms with E-state index in [-0.39, 0.29) is 6.03 Å². The summed E-state index contributed by atoms with van der Waals surface area (Å²) in [7, 11) is 1.60. The van der Waals surface area contributed by atoms with Gasteiger partial charge in [-0.15, -0.1) is 11.3 Å². The number of carbonyl (C=O) groups excluding carboxylic acids is 1. The van der Waals surface area contributed by atoms with E-state index >= 15 is 0 Å². The van der Waals surface area contributed by atoms with E-state index in [4.69, 9.17) is 9.15 Å². The van der Waals surface area contributed by atoms with Gasteiger partial charge in [-0.1, -0.05) is 12.1 Å². The Morgan fingerprint density at radius 3 is 2.79 bits per heavy atom. The van der Waals surface area contributed by atoms with Gasteiger partial charge < -0.3 is 19.4 Å². The summed E-state index contributed by atoms with van der Waals surface area (Å²) in [5.41, 5.74) is 1.56. The van der Waals surface area contributed by atoms with Gasteiger partial charge in [-0.2, -0.15) is 0 Å². The number of piperazine rings is 1. The van der Waals surface area contributed by atoms with Gasteiger partial charge in [0.25, 0.3) is 0 Å². The minimum atomic E-state index is -0.0986. The number of benzene rings is 1. The molecule has 146 valence electrons. The zero-order chi connectivity index (χ0) is 19.3. The molecule has 3 heterocycles. The quantitative estimate of drug-likeness (QED) is 0.709. The SMILES string of the molecule is COc1ccccc1NC(=O)N1CCN(Cc2nc(-c3ccco3)cs2)CC1. The van der Waals surface area contributed by atoms with Crippen LogP contribution in [0.1, 0.15) is 5.01 Å². The molecule has 2 amide bonds. The predicted molar refractivity (Wildman–Crippen MR) is 109 cm³/mol. The van der Waals surface area contributed by atoms with Gasteiger partial charge >= 0.3 is 6.03 Å². The van der Waals surface area contributed by atoms with Crippen LogP contribution in [0.2, 0.25) is 0 Å². The van der Waals surface area contributed by atoms with Gasteiger partial charge in [-0.05, 0) is 24.3 Å². The van der Waals surface area contributed by atoms with Crippen LogP contribution in [0.5, 0.6) is 5.75 Å². The molecule has 2 aromatic heterocycles. The van der Waals surface area contributed by atoms with Crippen LogP contribution >= 0.6 is 11.3 Å². The van der Waals surface area contributed by atoms with Gasteiger partial charge in [0.05, 0.1) is 25.6 Å². The van der Waals surface area contributed by atoms with Gasteiger partial charge in [0, 0.05) is 31.6 Å². The number of methoxy groups -OCH3 is 1. The van der Waals surface area contributed by atoms with Crippen molar-refractivity contribution in [1.29, 1.82) is 0 Å². The standard InChI is InChI=1S/C20H22N4O3S/c1-26-17-6-3-2-5-15(17)22-20(25)24-10-8-23(9-11-24)13-19-21-16(14-28-19)18-7-4-12-27-18/h2-7,12,14H,8-11,13H2,1H3,(H,22,25). The van der Waals surface area contributed by atoms with Crippen molar-refractivity contribution in [2.24, 2.45) is 0 Å². The molecule has 28 heavy (non-hydrogen) atoms. The number of carbonyl (C=O) groups is 1. The first-order chi connectivity index (χ1) is 13.7. The van der Waals surface area contributed by atoms with E-state index in [9.17, 15) is 4.79 Å². The molecular weight excluding hydrogens is 376 g/mol. The molecule has 1 fully saturated rings. The topological polar surface area (TPSA) is 70.8 Å². The van der Waals surface area contributed by atoms with E-state index in [1.54, 1.807) is 24.7 Å². The number of rotatable bonds is 5. The third kappa shape index (κ3) is 4.18. The van der Waals surface area contributed by atoms with Crippen LogP contribution in [0.3, 0.4) is 0 Å². The average Bonchev–Trinajstić information content (AvgIpc) is 3.41. The highest BCUT2D eigenvalue weighted by molar-refractivity contribution is 7.09. The first-order valence-electron chi connectivity index (χ1n) is 9.12. The fraction of sp³-hybridized carbons (Fsp3) is 0.300. The Balaban J connectivity index is 1.29. The summed E-state index contributed by atoms with van der Waals surface area (Å²) >= 11 is 1.63. The lowest BCUT2D eigenvalue weighted by Crippen LogP contribution is -2.49. The number of hydrogen-bond acceptors (Lipinski definition) is 6. The smallest absolute Gasteiger partial charge is 0.322 e. The summed E-state index contributed by atoms with van der Waals surface area (Å²) in [6.07, 6.45) is 1.66. The minimum Gasteiger partial charge on any atom is -0.495 e. The Morgan fingerprint density at radius 1 is 1.21 bits per heavy atom. The monoisotopic (exact) mass is 398 g/mol. The Kier molecular flexibility index (Phi) is 5.59. The Labute approximate surface area is 167 Å². The zero-order valence-corrected chi connectivity index (χ0v) is 16.4. The summed E-state index contributed by atoms with van der Waals surface area (Å²) in [6.45, 7) is 3.77. The lowest BCUT2D eigenvalue weighted by atomic mass is 10.3. The number of nitrogens with zero attached hydrogens (tertiary/aromatic N) is 3. The fourth-order valence-electron chi connectivity index (χ4n) is 3.16. The molecule has 1 N–H and O–H groups in total. The largest absolute Gasteiger partial charge is 0.495 e. The van der Waals surface area contributed by atoms with Gasteiger partial charge in [0.15, 0.2) is 5.76 Å². The van der Waals surface area contributed by atoms with Crippen molar-refractivity contribution in [1.82, 2.24) is 14.8 Å². The van der Waals surface area contributed by atoms with E-state index in [0.29, 0.717) is 24.5 Å². The van der Waals surface area contributed by atoms with Gasteiger partial charge in [0.1, 0.15) is 16.5 Å². The lowest BCUT2D eigenvalue weighted by Gasteiger charge is -2.34. The molecule has 0 atom stereocenters. The Bertz CT molecular complexity index is 917. The number of ether oxygens (including phenoxy) is 1. The predicted octanol–water partition coefficient (Wildman–Crippen LogP) is 3.76. The first-order valence-corrected chi connectivity index (χ1v) is 10.0. The minimum absolute atomic E-state index is 0.0986. The number of furan rings is 1. The molecule has 1 aromatic carbocycles. The molecule has 1 aliphatic heterocycles. The van der Waals surface area contributed by atoms with Crippen molar-refractivity contribution in [2.45, 2.75) is 6.54 Å².